The molecule has 0 fully saturated rings. The molecule has 0 bridgehead atoms. The fourth-order valence-corrected chi connectivity index (χ4v) is 3.02. The first-order valence-corrected chi connectivity index (χ1v) is 7.25. The van der Waals surface area contributed by atoms with Gasteiger partial charge < -0.3 is 5.32 Å². The number of nitrogens with one attached hydrogen (secondary N) is 1. The van der Waals surface area contributed by atoms with Gasteiger partial charge in [-0.15, -0.1) is 0 Å². The second-order valence-electron chi connectivity index (χ2n) is 4.97. The highest BCUT2D eigenvalue weighted by molar-refractivity contribution is 9.10. The Labute approximate surface area is 125 Å². The van der Waals surface area contributed by atoms with Crippen molar-refractivity contribution in [1.29, 1.82) is 0 Å². The number of hydrogen-bond donors (Lipinski definition) is 1. The van der Waals surface area contributed by atoms with Gasteiger partial charge in [-0.25, -0.2) is 4.39 Å². The molecule has 20 heavy (non-hydrogen) atoms. The van der Waals surface area contributed by atoms with Gasteiger partial charge in [0.1, 0.15) is 5.82 Å². The molecule has 2 nitrogen and oxygen atoms in total. The summed E-state index contributed by atoms with van der Waals surface area (Å²) in [6, 6.07) is 12.4. The van der Waals surface area contributed by atoms with E-state index in [1.54, 1.807) is 6.07 Å². The molecule has 0 heterocycles. The average molecular weight is 334 g/mol. The maximum Gasteiger partial charge on any atom is 0.252 e. The van der Waals surface area contributed by atoms with E-state index in [1.165, 1.54) is 23.3 Å². The summed E-state index contributed by atoms with van der Waals surface area (Å²) >= 11 is 3.28. The highest BCUT2D eigenvalue weighted by atomic mass is 79.9. The molecule has 1 N–H and O–H groups in total. The quantitative estimate of drug-likeness (QED) is 0.895. The normalized spacial score (nSPS) is 14.1. The average Bonchev–Trinajstić information content (AvgIpc) is 2.83. The van der Waals surface area contributed by atoms with Crippen molar-refractivity contribution in [2.24, 2.45) is 0 Å². The van der Waals surface area contributed by atoms with E-state index < -0.39 is 5.82 Å². The number of hydrogen-bond acceptors (Lipinski definition) is 1. The fourth-order valence-electron chi connectivity index (χ4n) is 2.60. The summed E-state index contributed by atoms with van der Waals surface area (Å²) in [5.41, 5.74) is 2.88. The van der Waals surface area contributed by atoms with Crippen LogP contribution in [0.25, 0.3) is 0 Å². The van der Waals surface area contributed by atoms with E-state index >= 15 is 0 Å². The van der Waals surface area contributed by atoms with Gasteiger partial charge in [-0.1, -0.05) is 24.3 Å². The third-order valence-electron chi connectivity index (χ3n) is 3.56. The van der Waals surface area contributed by atoms with E-state index in [4.69, 9.17) is 0 Å². The summed E-state index contributed by atoms with van der Waals surface area (Å²) in [5, 5.41) is 2.97. The number of carbonyl (C=O) groups excluding carboxylic acids is 1. The molecule has 0 saturated carbocycles. The maximum absolute atomic E-state index is 13.2. The minimum absolute atomic E-state index is 0.0788. The second kappa shape index (κ2) is 5.37. The second-order valence-corrected chi connectivity index (χ2v) is 5.83. The van der Waals surface area contributed by atoms with E-state index in [0.29, 0.717) is 10.0 Å². The minimum atomic E-state index is -0.409. The Kier molecular flexibility index (Phi) is 3.57. The summed E-state index contributed by atoms with van der Waals surface area (Å²) in [7, 11) is 0. The number of fused-ring (bicyclic) bond motifs is 1. The number of benzene rings is 2. The van der Waals surface area contributed by atoms with E-state index in [-0.39, 0.29) is 11.9 Å². The van der Waals surface area contributed by atoms with Crippen molar-refractivity contribution >= 4 is 21.8 Å². The largest absolute Gasteiger partial charge is 0.349 e. The van der Waals surface area contributed by atoms with Crippen LogP contribution in [0.3, 0.4) is 0 Å². The van der Waals surface area contributed by atoms with Gasteiger partial charge in [0.05, 0.1) is 5.56 Å². The van der Waals surface area contributed by atoms with Gasteiger partial charge in [0.15, 0.2) is 0 Å². The van der Waals surface area contributed by atoms with Gasteiger partial charge in [-0.2, -0.15) is 0 Å². The Balaban J connectivity index is 1.74. The first kappa shape index (κ1) is 13.3. The predicted octanol–water partition coefficient (Wildman–Crippen LogP) is 3.49. The van der Waals surface area contributed by atoms with Crippen molar-refractivity contribution in [3.05, 3.63) is 69.4 Å². The zero-order valence-electron chi connectivity index (χ0n) is 10.7. The highest BCUT2D eigenvalue weighted by Gasteiger charge is 2.23. The Morgan fingerprint density at radius 3 is 2.45 bits per heavy atom. The van der Waals surface area contributed by atoms with Crippen LogP contribution in [0.4, 0.5) is 4.39 Å². The standard InChI is InChI=1S/C16H13BrFNO/c17-15-6-5-12(18)9-14(15)16(20)19-13-7-10-3-1-2-4-11(10)8-13/h1-6,9,13H,7-8H2,(H,19,20). The number of halogens is 2. The monoisotopic (exact) mass is 333 g/mol. The molecular weight excluding hydrogens is 321 g/mol. The van der Waals surface area contributed by atoms with Crippen LogP contribution in [-0.4, -0.2) is 11.9 Å². The summed E-state index contributed by atoms with van der Waals surface area (Å²) in [5.74, 6) is -0.651. The lowest BCUT2D eigenvalue weighted by atomic mass is 10.1. The van der Waals surface area contributed by atoms with Crippen LogP contribution in [-0.2, 0) is 12.8 Å². The van der Waals surface area contributed by atoms with Crippen LogP contribution in [0, 0.1) is 5.82 Å². The van der Waals surface area contributed by atoms with Crippen LogP contribution in [0.15, 0.2) is 46.9 Å². The molecular formula is C16H13BrFNO. The molecule has 102 valence electrons. The maximum atomic E-state index is 13.2. The van der Waals surface area contributed by atoms with Gasteiger partial charge in [0, 0.05) is 10.5 Å². The molecule has 2 aromatic rings. The summed E-state index contributed by atoms with van der Waals surface area (Å²) < 4.78 is 13.8. The zero-order valence-corrected chi connectivity index (χ0v) is 12.3. The van der Waals surface area contributed by atoms with Gasteiger partial charge >= 0.3 is 0 Å². The molecule has 1 aliphatic carbocycles. The van der Waals surface area contributed by atoms with Gasteiger partial charge in [-0.05, 0) is 58.1 Å². The topological polar surface area (TPSA) is 29.1 Å². The van der Waals surface area contributed by atoms with Crippen molar-refractivity contribution in [2.75, 3.05) is 0 Å². The van der Waals surface area contributed by atoms with Crippen LogP contribution in [0.1, 0.15) is 21.5 Å². The third kappa shape index (κ3) is 2.61. The first-order valence-electron chi connectivity index (χ1n) is 6.46. The molecule has 0 aliphatic heterocycles. The predicted molar refractivity (Wildman–Crippen MR) is 79.2 cm³/mol. The third-order valence-corrected chi connectivity index (χ3v) is 4.25. The molecule has 3 rings (SSSR count). The van der Waals surface area contributed by atoms with Gasteiger partial charge in [-0.3, -0.25) is 4.79 Å². The molecule has 0 radical (unpaired) electrons. The first-order chi connectivity index (χ1) is 9.63. The summed E-state index contributed by atoms with van der Waals surface area (Å²) in [6.45, 7) is 0. The molecule has 0 aromatic heterocycles. The Hall–Kier alpha value is -1.68. The van der Waals surface area contributed by atoms with Crippen LogP contribution < -0.4 is 5.32 Å². The van der Waals surface area contributed by atoms with E-state index in [1.807, 2.05) is 12.1 Å². The van der Waals surface area contributed by atoms with Crippen LogP contribution >= 0.6 is 15.9 Å². The highest BCUT2D eigenvalue weighted by Crippen LogP contribution is 2.23. The van der Waals surface area contributed by atoms with Crippen molar-refractivity contribution < 1.29 is 9.18 Å². The number of rotatable bonds is 2. The van der Waals surface area contributed by atoms with Crippen molar-refractivity contribution in [2.45, 2.75) is 18.9 Å². The van der Waals surface area contributed by atoms with E-state index in [2.05, 4.69) is 33.4 Å². The molecule has 0 saturated heterocycles. The van der Waals surface area contributed by atoms with Crippen LogP contribution in [0.5, 0.6) is 0 Å². The smallest absolute Gasteiger partial charge is 0.252 e. The van der Waals surface area contributed by atoms with Gasteiger partial charge in [0.25, 0.3) is 5.91 Å². The summed E-state index contributed by atoms with van der Waals surface area (Å²) in [4.78, 5) is 12.2. The fraction of sp³-hybridized carbons (Fsp3) is 0.188. The molecule has 0 atom stereocenters. The Bertz CT molecular complexity index is 646. The zero-order chi connectivity index (χ0) is 14.1. The van der Waals surface area contributed by atoms with E-state index in [9.17, 15) is 9.18 Å². The molecule has 1 amide bonds. The Morgan fingerprint density at radius 2 is 1.80 bits per heavy atom. The molecule has 1 aliphatic rings. The Morgan fingerprint density at radius 1 is 1.15 bits per heavy atom. The lowest BCUT2D eigenvalue weighted by molar-refractivity contribution is 0.0937. The SMILES string of the molecule is O=C(NC1Cc2ccccc2C1)c1cc(F)ccc1Br. The molecule has 0 unspecified atom stereocenters. The molecule has 4 heteroatoms. The lowest BCUT2D eigenvalue weighted by Gasteiger charge is -2.13. The minimum Gasteiger partial charge on any atom is -0.349 e. The molecule has 2 aromatic carbocycles. The molecule has 0 spiro atoms. The lowest BCUT2D eigenvalue weighted by Crippen LogP contribution is -2.35. The van der Waals surface area contributed by atoms with Crippen LogP contribution in [0.2, 0.25) is 0 Å². The van der Waals surface area contributed by atoms with Crippen molar-refractivity contribution in [1.82, 2.24) is 5.32 Å². The number of amides is 1. The summed E-state index contributed by atoms with van der Waals surface area (Å²) in [6.07, 6.45) is 1.66. The van der Waals surface area contributed by atoms with Crippen molar-refractivity contribution in [3.63, 3.8) is 0 Å². The number of carbonyl (C=O) groups is 1. The van der Waals surface area contributed by atoms with Gasteiger partial charge in [0.2, 0.25) is 0 Å². The van der Waals surface area contributed by atoms with Crippen molar-refractivity contribution in [3.8, 4) is 0 Å². The van der Waals surface area contributed by atoms with E-state index in [0.717, 1.165) is 12.8 Å².